The zero-order chi connectivity index (χ0) is 22.6. The number of hydrogen-bond donors (Lipinski definition) is 1. The van der Waals surface area contributed by atoms with Crippen LogP contribution in [0.5, 0.6) is 0 Å². The summed E-state index contributed by atoms with van der Waals surface area (Å²) >= 11 is 0. The van der Waals surface area contributed by atoms with Crippen LogP contribution in [0.3, 0.4) is 0 Å². The number of hydrogen-bond acceptors (Lipinski definition) is 2. The number of rotatable bonds is 6. The SMILES string of the molecule is Cl.Fc1cc(CO[C@H]2CCNC[C@H]2C(c2ccccc2)c2ccccc2)cc(C(F)(F)F)c1. The molecule has 3 aromatic rings. The van der Waals surface area contributed by atoms with Gasteiger partial charge in [-0.15, -0.1) is 12.4 Å². The highest BCUT2D eigenvalue weighted by atomic mass is 35.5. The lowest BCUT2D eigenvalue weighted by molar-refractivity contribution is -0.137. The number of benzene rings is 3. The van der Waals surface area contributed by atoms with E-state index < -0.39 is 17.6 Å². The molecular weight excluding hydrogens is 454 g/mol. The topological polar surface area (TPSA) is 21.3 Å². The normalized spacial score (nSPS) is 18.7. The maximum absolute atomic E-state index is 13.8. The first-order valence-corrected chi connectivity index (χ1v) is 10.7. The van der Waals surface area contributed by atoms with E-state index in [1.54, 1.807) is 0 Å². The van der Waals surface area contributed by atoms with Gasteiger partial charge in [0.05, 0.1) is 18.3 Å². The molecule has 2 atom stereocenters. The van der Waals surface area contributed by atoms with Gasteiger partial charge in [-0.05, 0) is 47.9 Å². The Labute approximate surface area is 197 Å². The second-order valence-electron chi connectivity index (χ2n) is 8.15. The predicted octanol–water partition coefficient (Wildman–Crippen LogP) is 6.59. The van der Waals surface area contributed by atoms with Gasteiger partial charge in [-0.1, -0.05) is 60.7 Å². The van der Waals surface area contributed by atoms with Gasteiger partial charge in [-0.25, -0.2) is 4.39 Å². The Morgan fingerprint density at radius 1 is 0.909 bits per heavy atom. The molecule has 0 amide bonds. The smallest absolute Gasteiger partial charge is 0.373 e. The summed E-state index contributed by atoms with van der Waals surface area (Å²) in [5, 5.41) is 3.43. The summed E-state index contributed by atoms with van der Waals surface area (Å²) in [6, 6.07) is 22.9. The highest BCUT2D eigenvalue weighted by molar-refractivity contribution is 5.85. The fraction of sp³-hybridized carbons (Fsp3) is 0.308. The fourth-order valence-electron chi connectivity index (χ4n) is 4.51. The van der Waals surface area contributed by atoms with Crippen LogP contribution in [-0.4, -0.2) is 19.2 Å². The van der Waals surface area contributed by atoms with E-state index in [0.29, 0.717) is 6.07 Å². The molecule has 0 radical (unpaired) electrons. The highest BCUT2D eigenvalue weighted by Crippen LogP contribution is 2.37. The molecule has 176 valence electrons. The van der Waals surface area contributed by atoms with Crippen molar-refractivity contribution in [3.8, 4) is 0 Å². The third-order valence-corrected chi connectivity index (χ3v) is 5.96. The van der Waals surface area contributed by atoms with E-state index in [1.807, 2.05) is 36.4 Å². The molecular formula is C26H26ClF4NO. The lowest BCUT2D eigenvalue weighted by atomic mass is 9.76. The van der Waals surface area contributed by atoms with Crippen molar-refractivity contribution in [3.63, 3.8) is 0 Å². The molecule has 0 spiro atoms. The van der Waals surface area contributed by atoms with Crippen molar-refractivity contribution in [2.24, 2.45) is 5.92 Å². The fourth-order valence-corrected chi connectivity index (χ4v) is 4.51. The van der Waals surface area contributed by atoms with Crippen LogP contribution in [0.25, 0.3) is 0 Å². The second-order valence-corrected chi connectivity index (χ2v) is 8.15. The zero-order valence-corrected chi connectivity index (χ0v) is 18.7. The Morgan fingerprint density at radius 3 is 2.09 bits per heavy atom. The average Bonchev–Trinajstić information content (AvgIpc) is 2.79. The van der Waals surface area contributed by atoms with Crippen LogP contribution in [-0.2, 0) is 17.5 Å². The number of halogens is 5. The zero-order valence-electron chi connectivity index (χ0n) is 17.9. The van der Waals surface area contributed by atoms with E-state index in [0.717, 1.165) is 42.8 Å². The molecule has 0 saturated carbocycles. The number of piperidine rings is 1. The standard InChI is InChI=1S/C26H25F4NO.ClH/c27-22-14-18(13-21(15-22)26(28,29)30)17-32-24-11-12-31-16-23(24)25(19-7-3-1-4-8-19)20-9-5-2-6-10-20;/h1-10,13-15,23-25,31H,11-12,16-17H2;1H/t23-,24+;/m1./s1. The van der Waals surface area contributed by atoms with Gasteiger partial charge in [-0.3, -0.25) is 0 Å². The molecule has 33 heavy (non-hydrogen) atoms. The minimum Gasteiger partial charge on any atom is -0.373 e. The maximum Gasteiger partial charge on any atom is 0.416 e. The second kappa shape index (κ2) is 11.1. The van der Waals surface area contributed by atoms with Crippen molar-refractivity contribution in [2.45, 2.75) is 31.2 Å². The van der Waals surface area contributed by atoms with Gasteiger partial charge >= 0.3 is 6.18 Å². The molecule has 7 heteroatoms. The van der Waals surface area contributed by atoms with Crippen molar-refractivity contribution < 1.29 is 22.3 Å². The molecule has 1 heterocycles. The van der Waals surface area contributed by atoms with E-state index in [4.69, 9.17) is 4.74 Å². The summed E-state index contributed by atoms with van der Waals surface area (Å²) in [6.07, 6.45) is -4.05. The number of ether oxygens (including phenoxy) is 1. The van der Waals surface area contributed by atoms with Crippen molar-refractivity contribution in [1.29, 1.82) is 0 Å². The van der Waals surface area contributed by atoms with E-state index in [1.165, 1.54) is 0 Å². The quantitative estimate of drug-likeness (QED) is 0.402. The van der Waals surface area contributed by atoms with E-state index in [-0.39, 0.29) is 42.5 Å². The summed E-state index contributed by atoms with van der Waals surface area (Å²) in [4.78, 5) is 0. The van der Waals surface area contributed by atoms with Crippen LogP contribution in [0.1, 0.15) is 34.6 Å². The molecule has 0 aliphatic carbocycles. The maximum atomic E-state index is 13.8. The molecule has 1 aliphatic heterocycles. The Balaban J connectivity index is 0.00000306. The number of alkyl halides is 3. The highest BCUT2D eigenvalue weighted by Gasteiger charge is 2.35. The van der Waals surface area contributed by atoms with Crippen molar-refractivity contribution in [3.05, 3.63) is 107 Å². The van der Waals surface area contributed by atoms with Crippen LogP contribution < -0.4 is 5.32 Å². The van der Waals surface area contributed by atoms with Gasteiger partial charge in [0.1, 0.15) is 5.82 Å². The summed E-state index contributed by atoms with van der Waals surface area (Å²) in [7, 11) is 0. The van der Waals surface area contributed by atoms with E-state index in [2.05, 4.69) is 29.6 Å². The summed E-state index contributed by atoms with van der Waals surface area (Å²) in [6.45, 7) is 1.41. The van der Waals surface area contributed by atoms with Crippen LogP contribution in [0.2, 0.25) is 0 Å². The monoisotopic (exact) mass is 479 g/mol. The first-order chi connectivity index (χ1) is 15.4. The molecule has 0 aromatic heterocycles. The summed E-state index contributed by atoms with van der Waals surface area (Å²) in [5.74, 6) is -0.774. The largest absolute Gasteiger partial charge is 0.416 e. The minimum absolute atomic E-state index is 0. The molecule has 3 aromatic carbocycles. The molecule has 4 rings (SSSR count). The molecule has 1 aliphatic rings. The molecule has 0 bridgehead atoms. The van der Waals surface area contributed by atoms with Crippen molar-refractivity contribution >= 4 is 12.4 Å². The van der Waals surface area contributed by atoms with E-state index in [9.17, 15) is 17.6 Å². The Bertz CT molecular complexity index is 974. The van der Waals surface area contributed by atoms with Crippen LogP contribution in [0, 0.1) is 11.7 Å². The molecule has 1 fully saturated rings. The summed E-state index contributed by atoms with van der Waals surface area (Å²) in [5.41, 5.74) is 1.51. The van der Waals surface area contributed by atoms with E-state index >= 15 is 0 Å². The molecule has 0 unspecified atom stereocenters. The van der Waals surface area contributed by atoms with Gasteiger partial charge in [-0.2, -0.15) is 13.2 Å². The lowest BCUT2D eigenvalue weighted by Gasteiger charge is -2.38. The van der Waals surface area contributed by atoms with Crippen LogP contribution in [0.4, 0.5) is 17.6 Å². The Morgan fingerprint density at radius 2 is 1.52 bits per heavy atom. The van der Waals surface area contributed by atoms with Gasteiger partial charge in [0, 0.05) is 18.4 Å². The number of nitrogens with one attached hydrogen (secondary N) is 1. The van der Waals surface area contributed by atoms with Gasteiger partial charge in [0.15, 0.2) is 0 Å². The minimum atomic E-state index is -4.60. The van der Waals surface area contributed by atoms with Crippen LogP contribution in [0.15, 0.2) is 78.9 Å². The van der Waals surface area contributed by atoms with Gasteiger partial charge < -0.3 is 10.1 Å². The Kier molecular flexibility index (Phi) is 8.51. The first-order valence-electron chi connectivity index (χ1n) is 10.7. The van der Waals surface area contributed by atoms with Gasteiger partial charge in [0.2, 0.25) is 0 Å². The summed E-state index contributed by atoms with van der Waals surface area (Å²) < 4.78 is 59.2. The third-order valence-electron chi connectivity index (χ3n) is 5.96. The predicted molar refractivity (Wildman–Crippen MR) is 123 cm³/mol. The van der Waals surface area contributed by atoms with Crippen molar-refractivity contribution in [1.82, 2.24) is 5.32 Å². The lowest BCUT2D eigenvalue weighted by Crippen LogP contribution is -2.44. The molecule has 1 N–H and O–H groups in total. The first kappa shape index (κ1) is 25.2. The molecule has 1 saturated heterocycles. The molecule has 2 nitrogen and oxygen atoms in total. The third kappa shape index (κ3) is 6.34. The van der Waals surface area contributed by atoms with Crippen LogP contribution >= 0.6 is 12.4 Å². The van der Waals surface area contributed by atoms with Gasteiger partial charge in [0.25, 0.3) is 0 Å². The Hall–Kier alpha value is -2.41. The van der Waals surface area contributed by atoms with Crippen molar-refractivity contribution in [2.75, 3.05) is 13.1 Å². The average molecular weight is 480 g/mol.